The molecule has 0 aromatic heterocycles. The zero-order chi connectivity index (χ0) is 22.0. The highest BCUT2D eigenvalue weighted by Gasteiger charge is 2.35. The molecule has 0 saturated carbocycles. The Bertz CT molecular complexity index is 1360. The van der Waals surface area contributed by atoms with Crippen molar-refractivity contribution in [2.75, 3.05) is 0 Å². The van der Waals surface area contributed by atoms with Gasteiger partial charge in [0.2, 0.25) is 0 Å². The van der Waals surface area contributed by atoms with E-state index in [1.807, 2.05) is 0 Å². The maximum Gasteiger partial charge on any atom is 0.190 e. The molecule has 32 heavy (non-hydrogen) atoms. The third kappa shape index (κ3) is 2.69. The van der Waals surface area contributed by atoms with Gasteiger partial charge in [0, 0.05) is 11.1 Å². The summed E-state index contributed by atoms with van der Waals surface area (Å²) in [6.07, 6.45) is 7.04. The summed E-state index contributed by atoms with van der Waals surface area (Å²) in [5, 5.41) is 22.4. The van der Waals surface area contributed by atoms with Crippen molar-refractivity contribution < 1.29 is 19.8 Å². The van der Waals surface area contributed by atoms with Gasteiger partial charge in [0.15, 0.2) is 11.6 Å². The molecule has 3 aromatic carbocycles. The number of hydrogen-bond donors (Lipinski definition) is 2. The molecule has 0 unspecified atom stereocenters. The summed E-state index contributed by atoms with van der Waals surface area (Å²) in [6.45, 7) is 0. The van der Waals surface area contributed by atoms with E-state index in [4.69, 9.17) is 0 Å². The molecule has 0 saturated heterocycles. The van der Waals surface area contributed by atoms with Crippen molar-refractivity contribution in [1.29, 1.82) is 0 Å². The predicted molar refractivity (Wildman–Crippen MR) is 122 cm³/mol. The highest BCUT2D eigenvalue weighted by Crippen LogP contribution is 2.50. The summed E-state index contributed by atoms with van der Waals surface area (Å²) in [5.41, 5.74) is 7.96. The summed E-state index contributed by atoms with van der Waals surface area (Å²) in [4.78, 5) is 25.1. The van der Waals surface area contributed by atoms with Gasteiger partial charge in [-0.2, -0.15) is 0 Å². The Hall–Kier alpha value is -3.66. The van der Waals surface area contributed by atoms with Crippen LogP contribution in [0.3, 0.4) is 0 Å². The fourth-order valence-electron chi connectivity index (χ4n) is 5.54. The van der Waals surface area contributed by atoms with E-state index in [1.165, 1.54) is 34.4 Å². The van der Waals surface area contributed by atoms with Gasteiger partial charge in [-0.05, 0) is 84.1 Å². The second kappa shape index (κ2) is 6.92. The molecular weight excluding hydrogens is 400 g/mol. The molecule has 6 aliphatic carbocycles. The molecule has 158 valence electrons. The van der Waals surface area contributed by atoms with Gasteiger partial charge in [-0.15, -0.1) is 0 Å². The summed E-state index contributed by atoms with van der Waals surface area (Å²) < 4.78 is 0. The molecule has 0 atom stereocenters. The fourth-order valence-corrected chi connectivity index (χ4v) is 5.54. The maximum absolute atomic E-state index is 12.6. The highest BCUT2D eigenvalue weighted by molar-refractivity contribution is 6.25. The number of phenols is 2. The minimum atomic E-state index is -0.450. The number of phenolic OH excluding ortho intramolecular Hbond substituents is 2. The fraction of sp³-hybridized carbons (Fsp3) is 0.214. The van der Waals surface area contributed by atoms with Gasteiger partial charge in [-0.1, -0.05) is 36.4 Å². The second-order valence-corrected chi connectivity index (χ2v) is 8.92. The Morgan fingerprint density at radius 2 is 1.03 bits per heavy atom. The van der Waals surface area contributed by atoms with Gasteiger partial charge < -0.3 is 10.2 Å². The topological polar surface area (TPSA) is 74.6 Å². The van der Waals surface area contributed by atoms with Crippen LogP contribution in [0.2, 0.25) is 0 Å². The van der Waals surface area contributed by atoms with Crippen LogP contribution >= 0.6 is 0 Å². The molecule has 4 bridgehead atoms. The van der Waals surface area contributed by atoms with Crippen LogP contribution in [-0.4, -0.2) is 21.8 Å². The van der Waals surface area contributed by atoms with Crippen molar-refractivity contribution in [3.8, 4) is 22.6 Å². The molecule has 4 heteroatoms. The van der Waals surface area contributed by atoms with Gasteiger partial charge in [-0.3, -0.25) is 9.59 Å². The van der Waals surface area contributed by atoms with E-state index in [0.717, 1.165) is 43.2 Å². The van der Waals surface area contributed by atoms with Crippen molar-refractivity contribution in [2.24, 2.45) is 0 Å². The standard InChI is InChI=1S/C28H22O4/c29-21-13-14-22(30)26-25(21)27(31)20-12-11-19-17-7-5-15-1-3-16(4-2-15)6-8-18(10-9-17)23(19)24(20)28(26)32/h1-4,9-10,13-14,31-32H,5-8,11-12H2. The molecule has 9 rings (SSSR count). The Kier molecular flexibility index (Phi) is 4.12. The lowest BCUT2D eigenvalue weighted by atomic mass is 9.75. The van der Waals surface area contributed by atoms with Crippen molar-refractivity contribution >= 4 is 11.6 Å². The molecule has 2 N–H and O–H groups in total. The minimum absolute atomic E-state index is 0.0659. The number of hydrogen-bond acceptors (Lipinski definition) is 4. The lowest BCUT2D eigenvalue weighted by Crippen LogP contribution is -2.18. The van der Waals surface area contributed by atoms with E-state index in [2.05, 4.69) is 36.4 Å². The van der Waals surface area contributed by atoms with Crippen molar-refractivity contribution in [2.45, 2.75) is 38.5 Å². The van der Waals surface area contributed by atoms with E-state index in [-0.39, 0.29) is 22.6 Å². The first-order chi connectivity index (χ1) is 15.5. The second-order valence-electron chi connectivity index (χ2n) is 8.92. The molecule has 0 heterocycles. The minimum Gasteiger partial charge on any atom is -0.507 e. The zero-order valence-corrected chi connectivity index (χ0v) is 17.6. The number of aryl methyl sites for hydroxylation is 4. The number of benzene rings is 3. The van der Waals surface area contributed by atoms with Crippen LogP contribution in [0.1, 0.15) is 54.1 Å². The monoisotopic (exact) mass is 422 g/mol. The van der Waals surface area contributed by atoms with E-state index < -0.39 is 11.6 Å². The molecule has 0 amide bonds. The van der Waals surface area contributed by atoms with Crippen LogP contribution in [-0.2, 0) is 38.5 Å². The van der Waals surface area contributed by atoms with Crippen LogP contribution in [0.5, 0.6) is 11.5 Å². The molecule has 0 radical (unpaired) electrons. The summed E-state index contributed by atoms with van der Waals surface area (Å²) >= 11 is 0. The largest absolute Gasteiger partial charge is 0.507 e. The van der Waals surface area contributed by atoms with Gasteiger partial charge >= 0.3 is 0 Å². The average Bonchev–Trinajstić information content (AvgIpc) is 2.80. The Morgan fingerprint density at radius 3 is 1.69 bits per heavy atom. The number of allylic oxidation sites excluding steroid dienone is 2. The lowest BCUT2D eigenvalue weighted by Gasteiger charge is -2.29. The molecule has 0 aliphatic heterocycles. The van der Waals surface area contributed by atoms with E-state index in [9.17, 15) is 19.8 Å². The number of carbonyl (C=O) groups is 2. The number of fused-ring (bicyclic) bond motifs is 2. The Balaban J connectivity index is 1.62. The Labute approximate surface area is 185 Å². The van der Waals surface area contributed by atoms with E-state index in [1.54, 1.807) is 0 Å². The normalized spacial score (nSPS) is 16.2. The van der Waals surface area contributed by atoms with Crippen LogP contribution in [0.4, 0.5) is 0 Å². The highest BCUT2D eigenvalue weighted by atomic mass is 16.3. The number of rotatable bonds is 0. The summed E-state index contributed by atoms with van der Waals surface area (Å²) in [6, 6.07) is 13.1. The van der Waals surface area contributed by atoms with E-state index >= 15 is 0 Å². The number of ketones is 2. The lowest BCUT2D eigenvalue weighted by molar-refractivity contribution is 0.0989. The van der Waals surface area contributed by atoms with Gasteiger partial charge in [-0.25, -0.2) is 0 Å². The molecule has 6 aliphatic rings. The maximum atomic E-state index is 12.6. The molecule has 0 fully saturated rings. The quantitative estimate of drug-likeness (QED) is 0.516. The molecule has 0 spiro atoms. The molecule has 3 aromatic rings. The first-order valence-electron chi connectivity index (χ1n) is 11.1. The van der Waals surface area contributed by atoms with Crippen molar-refractivity contribution in [3.63, 3.8) is 0 Å². The SMILES string of the molecule is O=C1C=CC(=O)c2c(O)c3c(c(O)c21)CCc1c2ccc(c1-3)CCc1ccc(cc1)CC2. The van der Waals surface area contributed by atoms with Crippen molar-refractivity contribution in [1.82, 2.24) is 0 Å². The van der Waals surface area contributed by atoms with Crippen LogP contribution in [0, 0.1) is 0 Å². The van der Waals surface area contributed by atoms with Crippen LogP contribution in [0.15, 0.2) is 48.6 Å². The van der Waals surface area contributed by atoms with Crippen LogP contribution in [0.25, 0.3) is 11.1 Å². The van der Waals surface area contributed by atoms with E-state index in [0.29, 0.717) is 17.5 Å². The zero-order valence-electron chi connectivity index (χ0n) is 17.6. The first-order valence-corrected chi connectivity index (χ1v) is 11.1. The molecule has 4 nitrogen and oxygen atoms in total. The van der Waals surface area contributed by atoms with Crippen LogP contribution < -0.4 is 0 Å². The van der Waals surface area contributed by atoms with Gasteiger partial charge in [0.05, 0.1) is 11.1 Å². The summed E-state index contributed by atoms with van der Waals surface area (Å²) in [5.74, 6) is -1.23. The number of aromatic hydroxyl groups is 2. The first kappa shape index (κ1) is 19.1. The summed E-state index contributed by atoms with van der Waals surface area (Å²) in [7, 11) is 0. The van der Waals surface area contributed by atoms with Crippen molar-refractivity contribution in [3.05, 3.63) is 93.1 Å². The van der Waals surface area contributed by atoms with Gasteiger partial charge in [0.25, 0.3) is 0 Å². The third-order valence-electron chi connectivity index (χ3n) is 7.19. The Morgan fingerprint density at radius 1 is 0.500 bits per heavy atom. The predicted octanol–water partition coefficient (Wildman–Crippen LogP) is 4.68. The average molecular weight is 422 g/mol. The smallest absolute Gasteiger partial charge is 0.190 e. The molecular formula is C28H22O4. The number of carbonyl (C=O) groups excluding carboxylic acids is 2. The third-order valence-corrected chi connectivity index (χ3v) is 7.19. The van der Waals surface area contributed by atoms with Gasteiger partial charge in [0.1, 0.15) is 11.5 Å².